The van der Waals surface area contributed by atoms with Gasteiger partial charge in [0.05, 0.1) is 18.1 Å². The molecule has 0 spiro atoms. The molecule has 3 saturated heterocycles. The number of guanidine groups is 1. The van der Waals surface area contributed by atoms with Crippen LogP contribution in [0.25, 0.3) is 0 Å². The number of rotatable bonds is 7. The molecular weight excluding hydrogens is 442 g/mol. The monoisotopic (exact) mass is 473 g/mol. The highest BCUT2D eigenvalue weighted by molar-refractivity contribution is 8.03. The van der Waals surface area contributed by atoms with Crippen molar-refractivity contribution in [2.45, 2.75) is 50.1 Å². The zero-order valence-corrected chi connectivity index (χ0v) is 19.7. The third kappa shape index (κ3) is 4.15. The molecule has 4 heterocycles. The third-order valence-corrected chi connectivity index (χ3v) is 8.41. The highest BCUT2D eigenvalue weighted by Gasteiger charge is 2.60. The fourth-order valence-corrected chi connectivity index (χ4v) is 6.72. The van der Waals surface area contributed by atoms with E-state index < -0.39 is 18.0 Å². The number of aliphatic hydroxyl groups is 1. The van der Waals surface area contributed by atoms with Crippen molar-refractivity contribution >= 4 is 42.0 Å². The number of likely N-dealkylation sites (N-methyl/N-ethyl adjacent to an activating group) is 1. The third-order valence-electron chi connectivity index (χ3n) is 6.90. The first-order valence-electron chi connectivity index (χ1n) is 10.6. The van der Waals surface area contributed by atoms with Crippen LogP contribution < -0.4 is 5.32 Å². The van der Waals surface area contributed by atoms with Crippen molar-refractivity contribution in [2.75, 3.05) is 33.2 Å². The second-order valence-corrected chi connectivity index (χ2v) is 10.2. The minimum atomic E-state index is -1.07. The fraction of sp³-hybridized carbons (Fsp3) is 0.750. The summed E-state index contributed by atoms with van der Waals surface area (Å²) in [6, 6.07) is 0.0880. The van der Waals surface area contributed by atoms with Gasteiger partial charge in [-0.15, -0.1) is 24.2 Å². The Bertz CT molecular complexity index is 794. The lowest BCUT2D eigenvalue weighted by atomic mass is 9.79. The van der Waals surface area contributed by atoms with Crippen molar-refractivity contribution in [2.24, 2.45) is 11.8 Å². The summed E-state index contributed by atoms with van der Waals surface area (Å²) in [5, 5.41) is 31.6. The fourth-order valence-electron chi connectivity index (χ4n) is 5.20. The second kappa shape index (κ2) is 9.17. The van der Waals surface area contributed by atoms with E-state index in [0.29, 0.717) is 12.0 Å². The van der Waals surface area contributed by atoms with Crippen molar-refractivity contribution < 1.29 is 19.8 Å². The van der Waals surface area contributed by atoms with E-state index >= 15 is 0 Å². The molecular formula is C20H32ClN5O4S. The van der Waals surface area contributed by atoms with Crippen LogP contribution in [-0.2, 0) is 9.59 Å². The number of hydrogen-bond donors (Lipinski definition) is 4. The van der Waals surface area contributed by atoms with Crippen molar-refractivity contribution in [1.82, 2.24) is 20.0 Å². The Morgan fingerprint density at radius 3 is 2.68 bits per heavy atom. The van der Waals surface area contributed by atoms with Gasteiger partial charge in [-0.1, -0.05) is 6.92 Å². The molecule has 0 aromatic heterocycles. The summed E-state index contributed by atoms with van der Waals surface area (Å²) in [7, 11) is 1.94. The molecule has 11 heteroatoms. The molecule has 9 nitrogen and oxygen atoms in total. The minimum absolute atomic E-state index is 0. The minimum Gasteiger partial charge on any atom is -0.477 e. The van der Waals surface area contributed by atoms with E-state index in [0.717, 1.165) is 43.9 Å². The SMILES string of the molecule is C[C@@H](O)[C@H]1C(=O)N2C(C(=O)O)=C(S[C@@H]3CN[C@H](CCN4CCN(C)C4=N)C3)[C@H](C)[C@H]12.Cl. The normalized spacial score (nSPS) is 33.5. The molecule has 31 heavy (non-hydrogen) atoms. The number of hydrogen-bond acceptors (Lipinski definition) is 6. The van der Waals surface area contributed by atoms with Crippen LogP contribution in [-0.4, -0.2) is 99.4 Å². The molecule has 0 aromatic rings. The van der Waals surface area contributed by atoms with Crippen LogP contribution in [0.5, 0.6) is 0 Å². The maximum Gasteiger partial charge on any atom is 0.353 e. The van der Waals surface area contributed by atoms with E-state index in [4.69, 9.17) is 5.41 Å². The first-order valence-corrected chi connectivity index (χ1v) is 11.5. The number of halogens is 1. The van der Waals surface area contributed by atoms with E-state index in [1.165, 1.54) is 4.90 Å². The Morgan fingerprint density at radius 1 is 1.39 bits per heavy atom. The predicted molar refractivity (Wildman–Crippen MR) is 121 cm³/mol. The molecule has 0 radical (unpaired) electrons. The lowest BCUT2D eigenvalue weighted by molar-refractivity contribution is -0.163. The largest absolute Gasteiger partial charge is 0.477 e. The summed E-state index contributed by atoms with van der Waals surface area (Å²) < 4.78 is 0. The molecule has 6 atom stereocenters. The van der Waals surface area contributed by atoms with Gasteiger partial charge in [0, 0.05) is 55.3 Å². The highest BCUT2D eigenvalue weighted by Crippen LogP contribution is 2.51. The number of thioether (sulfide) groups is 1. The van der Waals surface area contributed by atoms with Crippen LogP contribution in [0.15, 0.2) is 10.6 Å². The second-order valence-electron chi connectivity index (χ2n) is 8.87. The maximum atomic E-state index is 12.5. The average molecular weight is 474 g/mol. The van der Waals surface area contributed by atoms with E-state index in [-0.39, 0.29) is 41.2 Å². The average Bonchev–Trinajstić information content (AvgIpc) is 3.32. The molecule has 4 N–H and O–H groups in total. The van der Waals surface area contributed by atoms with Crippen molar-refractivity contribution in [3.05, 3.63) is 10.6 Å². The molecule has 4 aliphatic heterocycles. The van der Waals surface area contributed by atoms with Gasteiger partial charge in [-0.2, -0.15) is 0 Å². The van der Waals surface area contributed by atoms with Gasteiger partial charge in [0.2, 0.25) is 5.91 Å². The summed E-state index contributed by atoms with van der Waals surface area (Å²) in [5.41, 5.74) is 0.108. The molecule has 0 unspecified atom stereocenters. The summed E-state index contributed by atoms with van der Waals surface area (Å²) in [6.45, 7) is 6.99. The number of fused-ring (bicyclic) bond motifs is 1. The number of nitrogens with zero attached hydrogens (tertiary/aromatic N) is 3. The number of carboxylic acids is 1. The molecule has 0 aromatic carbocycles. The van der Waals surface area contributed by atoms with Crippen molar-refractivity contribution in [3.63, 3.8) is 0 Å². The molecule has 1 amide bonds. The van der Waals surface area contributed by atoms with E-state index in [9.17, 15) is 19.8 Å². The van der Waals surface area contributed by atoms with Crippen LogP contribution in [0.4, 0.5) is 0 Å². The van der Waals surface area contributed by atoms with Crippen LogP contribution >= 0.6 is 24.2 Å². The number of amides is 1. The van der Waals surface area contributed by atoms with Gasteiger partial charge in [-0.3, -0.25) is 10.2 Å². The number of carbonyl (C=O) groups is 2. The predicted octanol–water partition coefficient (Wildman–Crippen LogP) is 0.598. The molecule has 0 aliphatic carbocycles. The Morgan fingerprint density at radius 2 is 2.10 bits per heavy atom. The Hall–Kier alpha value is -1.49. The first-order chi connectivity index (χ1) is 14.2. The van der Waals surface area contributed by atoms with Gasteiger partial charge >= 0.3 is 5.97 Å². The lowest BCUT2D eigenvalue weighted by Gasteiger charge is -2.46. The standard InChI is InChI=1S/C20H31N5O4S.ClH/c1-10-15-14(11(2)26)18(27)25(15)16(19(28)29)17(10)30-13-8-12(22-9-13)4-5-24-7-6-23(3)20(24)21;/h10-15,21-22,26H,4-9H2,1-3H3,(H,28,29);1H/t10-,11-,12-,13+,14-,15-;/m1./s1. The first kappa shape index (κ1) is 24.2. The van der Waals surface area contributed by atoms with Crippen LogP contribution in [0, 0.1) is 17.2 Å². The summed E-state index contributed by atoms with van der Waals surface area (Å²) in [6.07, 6.45) is 1.11. The van der Waals surface area contributed by atoms with Crippen LogP contribution in [0.3, 0.4) is 0 Å². The zero-order valence-electron chi connectivity index (χ0n) is 18.1. The molecule has 174 valence electrons. The van der Waals surface area contributed by atoms with E-state index in [2.05, 4.69) is 10.2 Å². The van der Waals surface area contributed by atoms with Gasteiger partial charge in [-0.05, 0) is 19.8 Å². The Labute approximate surface area is 193 Å². The quantitative estimate of drug-likeness (QED) is 0.397. The van der Waals surface area contributed by atoms with Crippen molar-refractivity contribution in [1.29, 1.82) is 5.41 Å². The Kier molecular flexibility index (Phi) is 7.15. The molecule has 3 fully saturated rings. The summed E-state index contributed by atoms with van der Waals surface area (Å²) in [4.78, 5) is 30.6. The number of carbonyl (C=O) groups excluding carboxylic acids is 1. The summed E-state index contributed by atoms with van der Waals surface area (Å²) in [5.74, 6) is -1.37. The molecule has 4 rings (SSSR count). The molecule has 4 aliphatic rings. The Balaban J connectivity index is 0.00000272. The molecule has 0 bridgehead atoms. The molecule has 0 saturated carbocycles. The number of aliphatic hydroxyl groups excluding tert-OH is 1. The smallest absolute Gasteiger partial charge is 0.353 e. The number of β-lactam (4-membered cyclic amide) rings is 1. The van der Waals surface area contributed by atoms with Gasteiger partial charge in [0.15, 0.2) is 5.96 Å². The van der Waals surface area contributed by atoms with Gasteiger partial charge in [0.1, 0.15) is 5.70 Å². The van der Waals surface area contributed by atoms with E-state index in [1.807, 2.05) is 18.9 Å². The lowest BCUT2D eigenvalue weighted by Crippen LogP contribution is -2.63. The number of carboxylic acid groups (broad SMARTS) is 1. The summed E-state index contributed by atoms with van der Waals surface area (Å²) >= 11 is 1.58. The van der Waals surface area contributed by atoms with E-state index in [1.54, 1.807) is 18.7 Å². The van der Waals surface area contributed by atoms with Crippen LogP contribution in [0.1, 0.15) is 26.7 Å². The number of nitrogens with one attached hydrogen (secondary N) is 2. The maximum absolute atomic E-state index is 12.5. The van der Waals surface area contributed by atoms with Gasteiger partial charge in [-0.25, -0.2) is 4.79 Å². The highest BCUT2D eigenvalue weighted by atomic mass is 35.5. The van der Waals surface area contributed by atoms with Crippen LogP contribution in [0.2, 0.25) is 0 Å². The van der Waals surface area contributed by atoms with Gasteiger partial charge in [0.25, 0.3) is 0 Å². The number of aliphatic carboxylic acids is 1. The zero-order chi connectivity index (χ0) is 21.7. The van der Waals surface area contributed by atoms with Crippen molar-refractivity contribution in [3.8, 4) is 0 Å². The topological polar surface area (TPSA) is 120 Å². The van der Waals surface area contributed by atoms with Gasteiger partial charge < -0.3 is 30.2 Å².